The number of nitriles is 1. The van der Waals surface area contributed by atoms with Crippen LogP contribution in [-0.4, -0.2) is 68.9 Å². The average molecular weight is 794 g/mol. The normalized spacial score (nSPS) is 16.8. The number of hydrogen-bond acceptors (Lipinski definition) is 6. The molecule has 3 aromatic heterocycles. The number of aryl methyl sites for hydroxylation is 1. The quantitative estimate of drug-likeness (QED) is 0.120. The number of halogens is 1. The molecule has 1 fully saturated rings. The molecule has 1 aliphatic rings. The van der Waals surface area contributed by atoms with Gasteiger partial charge in [-0.15, -0.1) is 0 Å². The van der Waals surface area contributed by atoms with Crippen molar-refractivity contribution in [2.75, 3.05) is 18.0 Å². The van der Waals surface area contributed by atoms with E-state index in [1.807, 2.05) is 37.8 Å². The van der Waals surface area contributed by atoms with E-state index < -0.39 is 23.9 Å². The van der Waals surface area contributed by atoms with Crippen LogP contribution in [0.4, 0.5) is 5.69 Å². The fourth-order valence-corrected chi connectivity index (χ4v) is 25.0. The van der Waals surface area contributed by atoms with Gasteiger partial charge in [0.05, 0.1) is 0 Å². The Morgan fingerprint density at radius 2 is 1.65 bits per heavy atom. The molecule has 264 valence electrons. The molecule has 2 atom stereocenters. The Morgan fingerprint density at radius 1 is 1.08 bits per heavy atom. The Balaban J connectivity index is 2.17. The van der Waals surface area contributed by atoms with Crippen LogP contribution in [0.1, 0.15) is 110 Å². The molecule has 0 saturated carbocycles. The SMILES string of the molecule is C=CC(=O)N1[C@H](C)CN(c2c(C#N)c(=O)n(-c3c(C)ccnc3C(C)C)c3n[c]([Sn]([CH2]CCC)([CH2]CCC)[CH2]CCC)c(Cl)cc23)C[C@@H]1C. The van der Waals surface area contributed by atoms with Crippen LogP contribution >= 0.6 is 11.6 Å². The van der Waals surface area contributed by atoms with Gasteiger partial charge >= 0.3 is 304 Å². The zero-order valence-electron chi connectivity index (χ0n) is 30.9. The first kappa shape index (κ1) is 38.9. The Kier molecular flexibility index (Phi) is 13.4. The van der Waals surface area contributed by atoms with Crippen LogP contribution in [0, 0.1) is 18.3 Å². The molecule has 0 aliphatic carbocycles. The molecule has 4 heterocycles. The fourth-order valence-electron chi connectivity index (χ4n) is 7.88. The summed E-state index contributed by atoms with van der Waals surface area (Å²) in [6.07, 6.45) is 9.92. The van der Waals surface area contributed by atoms with Gasteiger partial charge in [0, 0.05) is 0 Å². The number of pyridine rings is 3. The van der Waals surface area contributed by atoms with E-state index in [1.54, 1.807) is 10.8 Å². The first-order valence-corrected chi connectivity index (χ1v) is 26.1. The van der Waals surface area contributed by atoms with E-state index in [0.29, 0.717) is 40.5 Å². The number of hydrogen-bond donors (Lipinski definition) is 0. The van der Waals surface area contributed by atoms with Crippen LogP contribution in [0.5, 0.6) is 0 Å². The molecule has 49 heavy (non-hydrogen) atoms. The van der Waals surface area contributed by atoms with Gasteiger partial charge in [0.2, 0.25) is 0 Å². The molecule has 1 amide bonds. The molecule has 0 aromatic carbocycles. The van der Waals surface area contributed by atoms with Gasteiger partial charge < -0.3 is 0 Å². The van der Waals surface area contributed by atoms with Crippen molar-refractivity contribution in [2.45, 2.75) is 125 Å². The van der Waals surface area contributed by atoms with Gasteiger partial charge in [0.25, 0.3) is 0 Å². The predicted octanol–water partition coefficient (Wildman–Crippen LogP) is 8.41. The van der Waals surface area contributed by atoms with E-state index in [4.69, 9.17) is 21.6 Å². The van der Waals surface area contributed by atoms with E-state index in [0.717, 1.165) is 53.5 Å². The molecular weight excluding hydrogens is 739 g/mol. The molecule has 0 spiro atoms. The molecule has 1 saturated heterocycles. The van der Waals surface area contributed by atoms with Crippen molar-refractivity contribution in [3.05, 3.63) is 63.2 Å². The van der Waals surface area contributed by atoms with Crippen LogP contribution in [0.15, 0.2) is 35.8 Å². The molecule has 10 heteroatoms. The predicted molar refractivity (Wildman–Crippen MR) is 206 cm³/mol. The summed E-state index contributed by atoms with van der Waals surface area (Å²) in [5.74, 6) is -0.0962. The van der Waals surface area contributed by atoms with Crippen LogP contribution in [0.2, 0.25) is 18.3 Å². The minimum atomic E-state index is -3.23. The number of aromatic nitrogens is 3. The number of anilines is 1. The van der Waals surface area contributed by atoms with Crippen molar-refractivity contribution in [1.82, 2.24) is 19.4 Å². The van der Waals surface area contributed by atoms with Gasteiger partial charge in [-0.05, 0) is 0 Å². The molecule has 4 rings (SSSR count). The Hall–Kier alpha value is -2.90. The molecule has 8 nitrogen and oxygen atoms in total. The van der Waals surface area contributed by atoms with Gasteiger partial charge in [-0.1, -0.05) is 0 Å². The van der Waals surface area contributed by atoms with Crippen LogP contribution in [-0.2, 0) is 4.79 Å². The summed E-state index contributed by atoms with van der Waals surface area (Å²) in [4.78, 5) is 42.0. The summed E-state index contributed by atoms with van der Waals surface area (Å²) < 4.78 is 6.25. The number of rotatable bonds is 14. The van der Waals surface area contributed by atoms with Gasteiger partial charge in [-0.25, -0.2) is 0 Å². The number of carbonyl (C=O) groups excluding carboxylic acids is 1. The first-order chi connectivity index (χ1) is 23.4. The average Bonchev–Trinajstić information content (AvgIpc) is 3.07. The molecule has 0 unspecified atom stereocenters. The van der Waals surface area contributed by atoms with Crippen molar-refractivity contribution < 1.29 is 4.79 Å². The minimum absolute atomic E-state index is 0.0305. The van der Waals surface area contributed by atoms with Crippen molar-refractivity contribution in [1.29, 1.82) is 5.26 Å². The van der Waals surface area contributed by atoms with Crippen LogP contribution in [0.3, 0.4) is 0 Å². The van der Waals surface area contributed by atoms with E-state index in [1.165, 1.54) is 19.4 Å². The first-order valence-electron chi connectivity index (χ1n) is 18.3. The third kappa shape index (κ3) is 7.73. The number of carbonyl (C=O) groups is 1. The zero-order chi connectivity index (χ0) is 36.0. The summed E-state index contributed by atoms with van der Waals surface area (Å²) in [6.45, 7) is 21.5. The topological polar surface area (TPSA) is 95.1 Å². The number of piperazine rings is 1. The second kappa shape index (κ2) is 16.9. The number of amides is 1. The summed E-state index contributed by atoms with van der Waals surface area (Å²) in [7, 11) is 0. The molecule has 0 bridgehead atoms. The van der Waals surface area contributed by atoms with Crippen molar-refractivity contribution in [3.8, 4) is 11.8 Å². The van der Waals surface area contributed by atoms with Gasteiger partial charge in [0.15, 0.2) is 0 Å². The maximum absolute atomic E-state index is 14.9. The number of unbranched alkanes of at least 4 members (excludes halogenated alkanes) is 3. The summed E-state index contributed by atoms with van der Waals surface area (Å²) in [5.41, 5.74) is 3.13. The molecule has 3 aromatic rings. The van der Waals surface area contributed by atoms with E-state index >= 15 is 0 Å². The van der Waals surface area contributed by atoms with Gasteiger partial charge in [-0.3, -0.25) is 0 Å². The second-order valence-electron chi connectivity index (χ2n) is 14.3. The standard InChI is InChI=1S/C27H28ClN6O2.3C4H9.Sn/c1-7-22(35)33-17(5)13-32(14-18(33)6)25-20-10-19(28)12-31-26(20)34(27(36)21(25)11-29)24-16(4)8-9-30-23(24)15(2)3;3*1-3-4-2;/h7-10,15,17-18H,1,13-14H2,2-6H3;3*1,3-4H2,2H3;/t17-,18+;;;;. The Bertz CT molecular complexity index is 1750. The summed E-state index contributed by atoms with van der Waals surface area (Å²) in [5, 5.41) is 12.1. The Labute approximate surface area is 302 Å². The maximum atomic E-state index is 14.9. The second-order valence-corrected chi connectivity index (χ2v) is 27.7. The van der Waals surface area contributed by atoms with Crippen molar-refractivity contribution in [2.24, 2.45) is 0 Å². The molecular formula is C39H55ClN6O2Sn. The van der Waals surface area contributed by atoms with Crippen LogP contribution in [0.25, 0.3) is 16.7 Å². The van der Waals surface area contributed by atoms with Crippen LogP contribution < -0.4 is 14.2 Å². The van der Waals surface area contributed by atoms with E-state index in [-0.39, 0.29) is 29.5 Å². The number of nitrogens with zero attached hydrogens (tertiary/aromatic N) is 6. The number of fused-ring (bicyclic) bond motifs is 1. The monoisotopic (exact) mass is 794 g/mol. The summed E-state index contributed by atoms with van der Waals surface area (Å²) >= 11 is 4.22. The van der Waals surface area contributed by atoms with Gasteiger partial charge in [0.1, 0.15) is 0 Å². The zero-order valence-corrected chi connectivity index (χ0v) is 34.5. The van der Waals surface area contributed by atoms with Crippen molar-refractivity contribution in [3.63, 3.8) is 0 Å². The summed E-state index contributed by atoms with van der Waals surface area (Å²) in [6, 6.07) is 5.89. The van der Waals surface area contributed by atoms with Crippen molar-refractivity contribution >= 4 is 56.3 Å². The third-order valence-electron chi connectivity index (χ3n) is 10.3. The molecule has 0 N–H and O–H groups in total. The van der Waals surface area contributed by atoms with E-state index in [9.17, 15) is 14.9 Å². The van der Waals surface area contributed by atoms with E-state index in [2.05, 4.69) is 52.2 Å². The Morgan fingerprint density at radius 3 is 2.14 bits per heavy atom. The fraction of sp³-hybridized carbons (Fsp3) is 0.564. The molecule has 0 radical (unpaired) electrons. The molecule has 1 aliphatic heterocycles. The third-order valence-corrected chi connectivity index (χ3v) is 26.2. The van der Waals surface area contributed by atoms with Gasteiger partial charge in [-0.2, -0.15) is 0 Å².